The summed E-state index contributed by atoms with van der Waals surface area (Å²) in [6.45, 7) is 0. The third kappa shape index (κ3) is 1.60. The molecule has 0 atom stereocenters. The fourth-order valence-corrected chi connectivity index (χ4v) is 2.84. The van der Waals surface area contributed by atoms with Gasteiger partial charge in [0.15, 0.2) is 5.78 Å². The third-order valence-corrected chi connectivity index (χ3v) is 4.13. The van der Waals surface area contributed by atoms with Crippen LogP contribution < -0.4 is 5.32 Å². The molecule has 2 fully saturated rings. The number of rotatable bonds is 3. The van der Waals surface area contributed by atoms with Gasteiger partial charge in [-0.1, -0.05) is 25.7 Å². The largest absolute Gasteiger partial charge is 0.308 e. The summed E-state index contributed by atoms with van der Waals surface area (Å²) in [5, 5.41) is 3.32. The van der Waals surface area contributed by atoms with Gasteiger partial charge in [0.1, 0.15) is 0 Å². The Bertz CT molecular complexity index is 214. The summed E-state index contributed by atoms with van der Waals surface area (Å²) in [4.78, 5) is 12.3. The lowest BCUT2D eigenvalue weighted by atomic mass is 9.69. The minimum absolute atomic E-state index is 0.136. The molecule has 2 rings (SSSR count). The van der Waals surface area contributed by atoms with E-state index in [0.717, 1.165) is 25.7 Å². The SMILES string of the molecule is CNC1(C(=O)C2CCC2)CCCCC1. The standard InChI is InChI=1S/C12H21NO/c1-13-12(8-3-2-4-9-12)11(14)10-6-5-7-10/h10,13H,2-9H2,1H3. The Morgan fingerprint density at radius 3 is 2.21 bits per heavy atom. The zero-order valence-electron chi connectivity index (χ0n) is 9.14. The quantitative estimate of drug-likeness (QED) is 0.748. The lowest BCUT2D eigenvalue weighted by molar-refractivity contribution is -0.133. The highest BCUT2D eigenvalue weighted by Gasteiger charge is 2.42. The van der Waals surface area contributed by atoms with Crippen LogP contribution in [0.15, 0.2) is 0 Å². The smallest absolute Gasteiger partial charge is 0.155 e. The monoisotopic (exact) mass is 195 g/mol. The summed E-state index contributed by atoms with van der Waals surface area (Å²) < 4.78 is 0. The first kappa shape index (κ1) is 10.2. The van der Waals surface area contributed by atoms with E-state index in [9.17, 15) is 4.79 Å². The van der Waals surface area contributed by atoms with Crippen LogP contribution in [0.4, 0.5) is 0 Å². The Morgan fingerprint density at radius 1 is 1.14 bits per heavy atom. The Kier molecular flexibility index (Phi) is 2.91. The van der Waals surface area contributed by atoms with Gasteiger partial charge in [-0.25, -0.2) is 0 Å². The minimum Gasteiger partial charge on any atom is -0.308 e. The molecule has 0 unspecified atom stereocenters. The van der Waals surface area contributed by atoms with Crippen molar-refractivity contribution in [2.45, 2.75) is 56.9 Å². The van der Waals surface area contributed by atoms with Gasteiger partial charge in [0, 0.05) is 5.92 Å². The van der Waals surface area contributed by atoms with Crippen molar-refractivity contribution in [1.29, 1.82) is 0 Å². The molecule has 14 heavy (non-hydrogen) atoms. The highest BCUT2D eigenvalue weighted by Crippen LogP contribution is 2.37. The van der Waals surface area contributed by atoms with Crippen LogP contribution in [0.3, 0.4) is 0 Å². The highest BCUT2D eigenvalue weighted by molar-refractivity contribution is 5.91. The van der Waals surface area contributed by atoms with Crippen LogP contribution in [0.2, 0.25) is 0 Å². The van der Waals surface area contributed by atoms with Gasteiger partial charge in [-0.3, -0.25) is 4.79 Å². The molecule has 2 nitrogen and oxygen atoms in total. The van der Waals surface area contributed by atoms with Crippen molar-refractivity contribution in [2.24, 2.45) is 5.92 Å². The van der Waals surface area contributed by atoms with E-state index in [1.54, 1.807) is 0 Å². The number of carbonyl (C=O) groups excluding carboxylic acids is 1. The lowest BCUT2D eigenvalue weighted by Crippen LogP contribution is -2.55. The van der Waals surface area contributed by atoms with Crippen molar-refractivity contribution in [3.05, 3.63) is 0 Å². The third-order valence-electron chi connectivity index (χ3n) is 4.13. The Labute approximate surface area is 86.5 Å². The second kappa shape index (κ2) is 4.01. The molecule has 0 aromatic heterocycles. The van der Waals surface area contributed by atoms with Crippen LogP contribution in [0.5, 0.6) is 0 Å². The average Bonchev–Trinajstić information content (AvgIpc) is 2.16. The van der Waals surface area contributed by atoms with Crippen molar-refractivity contribution >= 4 is 5.78 Å². The molecule has 0 aromatic rings. The van der Waals surface area contributed by atoms with Gasteiger partial charge < -0.3 is 5.32 Å². The molecule has 0 radical (unpaired) electrons. The van der Waals surface area contributed by atoms with E-state index in [-0.39, 0.29) is 5.54 Å². The summed E-state index contributed by atoms with van der Waals surface area (Å²) in [5.41, 5.74) is -0.136. The molecule has 0 saturated heterocycles. The van der Waals surface area contributed by atoms with Gasteiger partial charge >= 0.3 is 0 Å². The van der Waals surface area contributed by atoms with Crippen LogP contribution in [0.25, 0.3) is 0 Å². The lowest BCUT2D eigenvalue weighted by Gasteiger charge is -2.40. The van der Waals surface area contributed by atoms with E-state index in [0.29, 0.717) is 11.7 Å². The minimum atomic E-state index is -0.136. The van der Waals surface area contributed by atoms with E-state index >= 15 is 0 Å². The molecule has 0 heterocycles. The molecular formula is C12H21NO. The molecule has 2 aliphatic carbocycles. The van der Waals surface area contributed by atoms with Crippen LogP contribution in [0, 0.1) is 5.92 Å². The molecule has 2 aliphatic rings. The molecule has 0 amide bonds. The van der Waals surface area contributed by atoms with E-state index < -0.39 is 0 Å². The number of hydrogen-bond acceptors (Lipinski definition) is 2. The number of hydrogen-bond donors (Lipinski definition) is 1. The van der Waals surface area contributed by atoms with Crippen molar-refractivity contribution in [3.8, 4) is 0 Å². The predicted molar refractivity (Wildman–Crippen MR) is 57.2 cm³/mol. The first-order valence-corrected chi connectivity index (χ1v) is 6.02. The van der Waals surface area contributed by atoms with Gasteiger partial charge in [-0.15, -0.1) is 0 Å². The first-order valence-electron chi connectivity index (χ1n) is 6.02. The maximum absolute atomic E-state index is 12.3. The summed E-state index contributed by atoms with van der Waals surface area (Å²) >= 11 is 0. The molecule has 0 aromatic carbocycles. The molecule has 2 saturated carbocycles. The first-order chi connectivity index (χ1) is 6.78. The molecule has 2 heteroatoms. The summed E-state index contributed by atoms with van der Waals surface area (Å²) in [6, 6.07) is 0. The van der Waals surface area contributed by atoms with Gasteiger partial charge in [-0.2, -0.15) is 0 Å². The van der Waals surface area contributed by atoms with E-state index in [1.165, 1.54) is 25.7 Å². The maximum Gasteiger partial charge on any atom is 0.155 e. The number of Topliss-reactive ketones (excluding diaryl/α,β-unsaturated/α-hetero) is 1. The fraction of sp³-hybridized carbons (Fsp3) is 0.917. The summed E-state index contributed by atoms with van der Waals surface area (Å²) in [6.07, 6.45) is 9.43. The fourth-order valence-electron chi connectivity index (χ4n) is 2.84. The van der Waals surface area contributed by atoms with Crippen molar-refractivity contribution in [3.63, 3.8) is 0 Å². The number of carbonyl (C=O) groups is 1. The van der Waals surface area contributed by atoms with Crippen LogP contribution in [0.1, 0.15) is 51.4 Å². The number of likely N-dealkylation sites (N-methyl/N-ethyl adjacent to an activating group) is 1. The maximum atomic E-state index is 12.3. The second-order valence-corrected chi connectivity index (χ2v) is 4.88. The molecule has 0 bridgehead atoms. The molecule has 0 spiro atoms. The predicted octanol–water partition coefficient (Wildman–Crippen LogP) is 2.28. The van der Waals surface area contributed by atoms with E-state index in [4.69, 9.17) is 0 Å². The highest BCUT2D eigenvalue weighted by atomic mass is 16.1. The van der Waals surface area contributed by atoms with E-state index in [1.807, 2.05) is 7.05 Å². The van der Waals surface area contributed by atoms with Crippen molar-refractivity contribution in [2.75, 3.05) is 7.05 Å². The van der Waals surface area contributed by atoms with Crippen LogP contribution in [-0.2, 0) is 4.79 Å². The average molecular weight is 195 g/mol. The van der Waals surface area contributed by atoms with Gasteiger partial charge in [0.05, 0.1) is 5.54 Å². The molecule has 80 valence electrons. The summed E-state index contributed by atoms with van der Waals surface area (Å²) in [5.74, 6) is 0.909. The van der Waals surface area contributed by atoms with Crippen LogP contribution in [-0.4, -0.2) is 18.4 Å². The van der Waals surface area contributed by atoms with Gasteiger partial charge in [0.25, 0.3) is 0 Å². The van der Waals surface area contributed by atoms with Crippen molar-refractivity contribution < 1.29 is 4.79 Å². The Morgan fingerprint density at radius 2 is 1.79 bits per heavy atom. The second-order valence-electron chi connectivity index (χ2n) is 4.88. The molecule has 0 aliphatic heterocycles. The van der Waals surface area contributed by atoms with Crippen LogP contribution >= 0.6 is 0 Å². The van der Waals surface area contributed by atoms with Gasteiger partial charge in [-0.05, 0) is 32.7 Å². The zero-order valence-corrected chi connectivity index (χ0v) is 9.14. The zero-order chi connectivity index (χ0) is 10.0. The van der Waals surface area contributed by atoms with E-state index in [2.05, 4.69) is 5.32 Å². The normalized spacial score (nSPS) is 26.9. The van der Waals surface area contributed by atoms with Crippen molar-refractivity contribution in [1.82, 2.24) is 5.32 Å². The number of ketones is 1. The number of nitrogens with one attached hydrogen (secondary N) is 1. The molecular weight excluding hydrogens is 174 g/mol. The topological polar surface area (TPSA) is 29.1 Å². The van der Waals surface area contributed by atoms with Gasteiger partial charge in [0.2, 0.25) is 0 Å². The Hall–Kier alpha value is -0.370. The Balaban J connectivity index is 2.05. The molecule has 1 N–H and O–H groups in total. The summed E-state index contributed by atoms with van der Waals surface area (Å²) in [7, 11) is 1.96.